The topological polar surface area (TPSA) is 44.4 Å². The molecule has 0 amide bonds. The van der Waals surface area contributed by atoms with Gasteiger partial charge in [-0.05, 0) is 35.4 Å². The van der Waals surface area contributed by atoms with Crippen LogP contribution in [0.3, 0.4) is 0 Å². The van der Waals surface area contributed by atoms with Crippen molar-refractivity contribution in [2.75, 3.05) is 38.8 Å². The van der Waals surface area contributed by atoms with Crippen LogP contribution in [0, 0.1) is 0 Å². The average Bonchev–Trinajstić information content (AvgIpc) is 3.19. The summed E-state index contributed by atoms with van der Waals surface area (Å²) < 4.78 is 5.76. The van der Waals surface area contributed by atoms with E-state index in [1.807, 2.05) is 30.5 Å². The fourth-order valence-electron chi connectivity index (χ4n) is 3.50. The molecule has 0 saturated carbocycles. The van der Waals surface area contributed by atoms with Gasteiger partial charge in [-0.1, -0.05) is 35.9 Å². The highest BCUT2D eigenvalue weighted by Gasteiger charge is 2.27. The summed E-state index contributed by atoms with van der Waals surface area (Å²) in [6, 6.07) is 16.6. The van der Waals surface area contributed by atoms with Crippen LogP contribution in [0.15, 0.2) is 54.7 Å². The molecule has 28 heavy (non-hydrogen) atoms. The number of hydrogen-bond acceptors (Lipinski definition) is 4. The normalized spacial score (nSPS) is 17.6. The largest absolute Gasteiger partial charge is 0.378 e. The second-order valence-electron chi connectivity index (χ2n) is 7.31. The van der Waals surface area contributed by atoms with E-state index in [1.54, 1.807) is 0 Å². The van der Waals surface area contributed by atoms with E-state index in [2.05, 4.69) is 58.1 Å². The van der Waals surface area contributed by atoms with Crippen LogP contribution in [0.4, 0.5) is 5.69 Å². The van der Waals surface area contributed by atoms with Crippen LogP contribution < -0.4 is 4.90 Å². The van der Waals surface area contributed by atoms with Gasteiger partial charge in [0.1, 0.15) is 5.82 Å². The summed E-state index contributed by atoms with van der Waals surface area (Å²) in [6.45, 7) is 3.15. The van der Waals surface area contributed by atoms with Crippen molar-refractivity contribution < 1.29 is 4.74 Å². The zero-order chi connectivity index (χ0) is 19.5. The van der Waals surface area contributed by atoms with Crippen LogP contribution in [0.2, 0.25) is 5.02 Å². The van der Waals surface area contributed by atoms with Crippen molar-refractivity contribution in [3.8, 4) is 11.3 Å². The fraction of sp³-hybridized carbons (Fsp3) is 0.318. The summed E-state index contributed by atoms with van der Waals surface area (Å²) in [5.74, 6) is 0.939. The van der Waals surface area contributed by atoms with Crippen LogP contribution >= 0.6 is 11.6 Å². The Balaban J connectivity index is 1.51. The maximum absolute atomic E-state index is 6.00. The van der Waals surface area contributed by atoms with E-state index in [0.29, 0.717) is 6.61 Å². The van der Waals surface area contributed by atoms with E-state index < -0.39 is 0 Å². The molecule has 1 atom stereocenters. The Bertz CT molecular complexity index is 905. The molecule has 1 unspecified atom stereocenters. The van der Waals surface area contributed by atoms with E-state index in [-0.39, 0.29) is 6.04 Å². The average molecular weight is 397 g/mol. The predicted molar refractivity (Wildman–Crippen MR) is 114 cm³/mol. The molecule has 1 fully saturated rings. The van der Waals surface area contributed by atoms with E-state index in [1.165, 1.54) is 11.3 Å². The number of rotatable bonds is 5. The fourth-order valence-corrected chi connectivity index (χ4v) is 3.62. The first-order valence-corrected chi connectivity index (χ1v) is 9.87. The van der Waals surface area contributed by atoms with Gasteiger partial charge < -0.3 is 14.6 Å². The van der Waals surface area contributed by atoms with Gasteiger partial charge in [0.2, 0.25) is 0 Å². The van der Waals surface area contributed by atoms with Crippen molar-refractivity contribution in [2.45, 2.75) is 12.6 Å². The van der Waals surface area contributed by atoms with Gasteiger partial charge in [-0.3, -0.25) is 4.90 Å². The Morgan fingerprint density at radius 3 is 2.61 bits per heavy atom. The maximum Gasteiger partial charge on any atom is 0.126 e. The minimum Gasteiger partial charge on any atom is -0.378 e. The van der Waals surface area contributed by atoms with Crippen LogP contribution in [0.1, 0.15) is 17.4 Å². The van der Waals surface area contributed by atoms with Crippen molar-refractivity contribution >= 4 is 17.3 Å². The Hall–Kier alpha value is -2.34. The summed E-state index contributed by atoms with van der Waals surface area (Å²) >= 11 is 6.00. The lowest BCUT2D eigenvalue weighted by molar-refractivity contribution is -0.0156. The van der Waals surface area contributed by atoms with Crippen LogP contribution in [0.5, 0.6) is 0 Å². The number of imidazole rings is 1. The Morgan fingerprint density at radius 2 is 1.89 bits per heavy atom. The number of nitrogens with zero attached hydrogens (tertiary/aromatic N) is 3. The smallest absolute Gasteiger partial charge is 0.126 e. The number of hydrogen-bond donors (Lipinski definition) is 1. The van der Waals surface area contributed by atoms with E-state index >= 15 is 0 Å². The molecule has 5 nitrogen and oxygen atoms in total. The number of benzene rings is 2. The molecule has 4 rings (SSSR count). The molecule has 1 aliphatic heterocycles. The first kappa shape index (κ1) is 19.0. The lowest BCUT2D eigenvalue weighted by Gasteiger charge is -2.34. The van der Waals surface area contributed by atoms with Gasteiger partial charge in [0.25, 0.3) is 0 Å². The molecule has 2 heterocycles. The molecule has 146 valence electrons. The number of anilines is 1. The summed E-state index contributed by atoms with van der Waals surface area (Å²) in [5, 5.41) is 0.732. The van der Waals surface area contributed by atoms with Gasteiger partial charge in [-0.2, -0.15) is 0 Å². The summed E-state index contributed by atoms with van der Waals surface area (Å²) in [6.07, 6.45) is 1.89. The SMILES string of the molecule is CN(C)c1ccc(CN2CCOCC2c2ncc(-c3ccc(Cl)cc3)[nH]2)cc1. The standard InChI is InChI=1S/C22H25ClN4O/c1-26(2)19-9-3-16(4-10-19)14-27-11-12-28-15-21(27)22-24-13-20(25-22)17-5-7-18(23)8-6-17/h3-10,13,21H,11-12,14-15H2,1-2H3,(H,24,25). The first-order valence-electron chi connectivity index (χ1n) is 9.49. The lowest BCUT2D eigenvalue weighted by atomic mass is 10.1. The van der Waals surface area contributed by atoms with Crippen molar-refractivity contribution in [1.29, 1.82) is 0 Å². The van der Waals surface area contributed by atoms with E-state index in [0.717, 1.165) is 41.8 Å². The molecule has 1 aromatic heterocycles. The maximum atomic E-state index is 6.00. The molecule has 0 bridgehead atoms. The van der Waals surface area contributed by atoms with Crippen molar-refractivity contribution in [1.82, 2.24) is 14.9 Å². The van der Waals surface area contributed by atoms with Gasteiger partial charge >= 0.3 is 0 Å². The number of aromatic nitrogens is 2. The lowest BCUT2D eigenvalue weighted by Crippen LogP contribution is -2.39. The molecule has 0 aliphatic carbocycles. The quantitative estimate of drug-likeness (QED) is 0.695. The zero-order valence-corrected chi connectivity index (χ0v) is 17.0. The van der Waals surface area contributed by atoms with Gasteiger partial charge in [0.05, 0.1) is 31.1 Å². The summed E-state index contributed by atoms with van der Waals surface area (Å²) in [4.78, 5) is 12.7. The predicted octanol–water partition coefficient (Wildman–Crippen LogP) is 4.37. The summed E-state index contributed by atoms with van der Waals surface area (Å²) in [5.41, 5.74) is 4.57. The van der Waals surface area contributed by atoms with Gasteiger partial charge in [0, 0.05) is 37.9 Å². The van der Waals surface area contributed by atoms with Gasteiger partial charge in [-0.25, -0.2) is 4.98 Å². The number of aromatic amines is 1. The van der Waals surface area contributed by atoms with Gasteiger partial charge in [-0.15, -0.1) is 0 Å². The Morgan fingerprint density at radius 1 is 1.14 bits per heavy atom. The molecule has 0 spiro atoms. The van der Waals surface area contributed by atoms with Crippen LogP contribution in [-0.4, -0.2) is 48.7 Å². The van der Waals surface area contributed by atoms with Crippen LogP contribution in [-0.2, 0) is 11.3 Å². The Kier molecular flexibility index (Phi) is 5.67. The summed E-state index contributed by atoms with van der Waals surface area (Å²) in [7, 11) is 4.12. The minimum atomic E-state index is 0.114. The van der Waals surface area contributed by atoms with Crippen molar-refractivity contribution in [3.63, 3.8) is 0 Å². The van der Waals surface area contributed by atoms with Crippen molar-refractivity contribution in [2.24, 2.45) is 0 Å². The van der Waals surface area contributed by atoms with Gasteiger partial charge in [0.15, 0.2) is 0 Å². The van der Waals surface area contributed by atoms with E-state index in [9.17, 15) is 0 Å². The monoisotopic (exact) mass is 396 g/mol. The number of H-pyrrole nitrogens is 1. The number of morpholine rings is 1. The third kappa shape index (κ3) is 4.22. The molecule has 1 N–H and O–H groups in total. The van der Waals surface area contributed by atoms with Crippen LogP contribution in [0.25, 0.3) is 11.3 Å². The highest BCUT2D eigenvalue weighted by Crippen LogP contribution is 2.27. The minimum absolute atomic E-state index is 0.114. The highest BCUT2D eigenvalue weighted by atomic mass is 35.5. The van der Waals surface area contributed by atoms with E-state index in [4.69, 9.17) is 16.3 Å². The Labute approximate surface area is 170 Å². The molecule has 2 aromatic carbocycles. The second-order valence-corrected chi connectivity index (χ2v) is 7.75. The number of nitrogens with one attached hydrogen (secondary N) is 1. The molecular formula is C22H25ClN4O. The number of halogens is 1. The number of ether oxygens (including phenoxy) is 1. The third-order valence-electron chi connectivity index (χ3n) is 5.14. The molecule has 1 aliphatic rings. The second kappa shape index (κ2) is 8.35. The molecular weight excluding hydrogens is 372 g/mol. The highest BCUT2D eigenvalue weighted by molar-refractivity contribution is 6.30. The molecule has 6 heteroatoms. The van der Waals surface area contributed by atoms with Crippen molar-refractivity contribution in [3.05, 3.63) is 71.1 Å². The third-order valence-corrected chi connectivity index (χ3v) is 5.40. The zero-order valence-electron chi connectivity index (χ0n) is 16.2. The molecule has 3 aromatic rings. The molecule has 0 radical (unpaired) electrons. The molecule has 1 saturated heterocycles. The first-order chi connectivity index (χ1) is 13.6.